The number of rotatable bonds is 2. The van der Waals surface area contributed by atoms with Crippen LogP contribution in [0.2, 0.25) is 0 Å². The Balaban J connectivity index is 0.000000218. The van der Waals surface area contributed by atoms with E-state index < -0.39 is 11.9 Å². The van der Waals surface area contributed by atoms with Gasteiger partial charge in [-0.3, -0.25) is 0 Å². The zero-order chi connectivity index (χ0) is 14.3. The lowest BCUT2D eigenvalue weighted by atomic mass is 10.1. The first-order valence-corrected chi connectivity index (χ1v) is 5.36. The van der Waals surface area contributed by atoms with Gasteiger partial charge in [0.05, 0.1) is 11.5 Å². The molecule has 5 nitrogen and oxygen atoms in total. The number of carbonyl (C=O) groups is 2. The molecule has 0 aliphatic rings. The Kier molecular flexibility index (Phi) is 5.25. The fraction of sp³-hybridized carbons (Fsp3) is 0. The third-order valence-corrected chi connectivity index (χ3v) is 2.18. The summed E-state index contributed by atoms with van der Waals surface area (Å²) in [4.78, 5) is 20.8. The first kappa shape index (κ1) is 14.4. The van der Waals surface area contributed by atoms with Gasteiger partial charge in [0.25, 0.3) is 0 Å². The molecule has 19 heavy (non-hydrogen) atoms. The van der Waals surface area contributed by atoms with E-state index in [1.165, 1.54) is 24.3 Å². The summed E-state index contributed by atoms with van der Waals surface area (Å²) in [6.07, 6.45) is 0. The number of nitrogens with two attached hydrogens (primary N) is 1. The zero-order valence-corrected chi connectivity index (χ0v) is 9.95. The third kappa shape index (κ3) is 4.61. The number of benzene rings is 2. The van der Waals surface area contributed by atoms with Crippen molar-refractivity contribution < 1.29 is 25.5 Å². The SMILES string of the molecule is O=C([O-])c1ccccc1C(=O)O.[NH2+]c1ccccc1. The molecule has 5 heteroatoms. The Morgan fingerprint density at radius 3 is 1.68 bits per heavy atom. The number of nitrogen functional groups attached to an aromatic ring is 1. The van der Waals surface area contributed by atoms with Crippen molar-refractivity contribution in [1.82, 2.24) is 0 Å². The Hall–Kier alpha value is -2.66. The second kappa shape index (κ2) is 6.93. The molecule has 0 atom stereocenters. The summed E-state index contributed by atoms with van der Waals surface area (Å²) in [5.41, 5.74) is 5.63. The van der Waals surface area contributed by atoms with E-state index in [0.29, 0.717) is 0 Å². The number of carboxylic acids is 2. The highest BCUT2D eigenvalue weighted by Crippen LogP contribution is 2.06. The van der Waals surface area contributed by atoms with Crippen LogP contribution in [0, 0.1) is 0 Å². The molecule has 97 valence electrons. The Morgan fingerprint density at radius 1 is 0.895 bits per heavy atom. The maximum Gasteiger partial charge on any atom is 0.336 e. The lowest BCUT2D eigenvalue weighted by molar-refractivity contribution is -0.255. The summed E-state index contributed by atoms with van der Waals surface area (Å²) in [6, 6.07) is 14.8. The van der Waals surface area contributed by atoms with E-state index in [-0.39, 0.29) is 11.1 Å². The predicted octanol–water partition coefficient (Wildman–Crippen LogP) is 0.0941. The van der Waals surface area contributed by atoms with Crippen LogP contribution in [0.25, 0.3) is 0 Å². The number of hydrogen-bond acceptors (Lipinski definition) is 4. The predicted molar refractivity (Wildman–Crippen MR) is 65.8 cm³/mol. The van der Waals surface area contributed by atoms with Crippen LogP contribution in [0.5, 0.6) is 0 Å². The highest BCUT2D eigenvalue weighted by atomic mass is 16.4. The molecule has 0 aliphatic carbocycles. The van der Waals surface area contributed by atoms with Gasteiger partial charge in [-0.15, -0.1) is 0 Å². The van der Waals surface area contributed by atoms with Gasteiger partial charge in [-0.25, -0.2) is 4.79 Å². The summed E-state index contributed by atoms with van der Waals surface area (Å²) in [5, 5.41) is 18.9. The average molecular weight is 258 g/mol. The van der Waals surface area contributed by atoms with Crippen molar-refractivity contribution in [3.8, 4) is 0 Å². The average Bonchev–Trinajstić information content (AvgIpc) is 2.40. The van der Waals surface area contributed by atoms with Gasteiger partial charge < -0.3 is 15.0 Å². The van der Waals surface area contributed by atoms with Crippen molar-refractivity contribution in [2.24, 2.45) is 0 Å². The molecule has 0 spiro atoms. The van der Waals surface area contributed by atoms with Crippen molar-refractivity contribution in [3.05, 3.63) is 65.7 Å². The van der Waals surface area contributed by atoms with E-state index in [0.717, 1.165) is 5.69 Å². The van der Waals surface area contributed by atoms with Crippen molar-refractivity contribution in [3.63, 3.8) is 0 Å². The highest BCUT2D eigenvalue weighted by Gasteiger charge is 2.08. The molecule has 3 N–H and O–H groups in total. The molecule has 0 aromatic heterocycles. The molecule has 0 aliphatic heterocycles. The number of anilines is 1. The molecule has 0 unspecified atom stereocenters. The monoisotopic (exact) mass is 258 g/mol. The van der Waals surface area contributed by atoms with Crippen molar-refractivity contribution >= 4 is 17.6 Å². The van der Waals surface area contributed by atoms with Crippen molar-refractivity contribution in [1.29, 1.82) is 0 Å². The van der Waals surface area contributed by atoms with E-state index in [9.17, 15) is 14.7 Å². The van der Waals surface area contributed by atoms with Gasteiger partial charge in [-0.1, -0.05) is 36.4 Å². The zero-order valence-electron chi connectivity index (χ0n) is 9.95. The molecular weight excluding hydrogens is 246 g/mol. The van der Waals surface area contributed by atoms with Gasteiger partial charge in [-0.05, 0) is 6.07 Å². The van der Waals surface area contributed by atoms with Crippen molar-refractivity contribution in [2.45, 2.75) is 0 Å². The van der Waals surface area contributed by atoms with Crippen LogP contribution in [-0.4, -0.2) is 17.0 Å². The van der Waals surface area contributed by atoms with Crippen LogP contribution in [0.15, 0.2) is 54.6 Å². The van der Waals surface area contributed by atoms with E-state index in [4.69, 9.17) is 10.8 Å². The quantitative estimate of drug-likeness (QED) is 0.745. The van der Waals surface area contributed by atoms with Crippen molar-refractivity contribution in [2.75, 3.05) is 0 Å². The smallest absolute Gasteiger partial charge is 0.336 e. The lowest BCUT2D eigenvalue weighted by Crippen LogP contribution is -2.39. The van der Waals surface area contributed by atoms with Crippen LogP contribution in [-0.2, 0) is 0 Å². The summed E-state index contributed by atoms with van der Waals surface area (Å²) in [7, 11) is 0. The minimum absolute atomic E-state index is 0.252. The Labute approximate surface area is 109 Å². The topological polar surface area (TPSA) is 103 Å². The molecular formula is C14H12NO4. The minimum atomic E-state index is -1.48. The largest absolute Gasteiger partial charge is 0.545 e. The molecule has 0 saturated heterocycles. The number of hydrogen-bond donors (Lipinski definition) is 2. The van der Waals surface area contributed by atoms with Gasteiger partial charge in [0, 0.05) is 17.7 Å². The van der Waals surface area contributed by atoms with Crippen LogP contribution < -0.4 is 10.8 Å². The van der Waals surface area contributed by atoms with Gasteiger partial charge in [0.15, 0.2) is 5.69 Å². The fourth-order valence-corrected chi connectivity index (χ4v) is 1.30. The van der Waals surface area contributed by atoms with E-state index >= 15 is 0 Å². The maximum absolute atomic E-state index is 10.4. The van der Waals surface area contributed by atoms with Gasteiger partial charge in [0.1, 0.15) is 0 Å². The molecule has 2 aromatic carbocycles. The van der Waals surface area contributed by atoms with E-state index in [2.05, 4.69) is 0 Å². The van der Waals surface area contributed by atoms with Crippen LogP contribution >= 0.6 is 0 Å². The Bertz CT molecular complexity index is 534. The highest BCUT2D eigenvalue weighted by molar-refractivity contribution is 6.00. The first-order chi connectivity index (χ1) is 9.02. The number of carboxylic acid groups (broad SMARTS) is 2. The fourth-order valence-electron chi connectivity index (χ4n) is 1.30. The molecule has 2 aromatic rings. The summed E-state index contributed by atoms with van der Waals surface area (Å²) >= 11 is 0. The summed E-state index contributed by atoms with van der Waals surface area (Å²) < 4.78 is 0. The Morgan fingerprint density at radius 2 is 1.37 bits per heavy atom. The standard InChI is InChI=1S/C8H6O4.C6H7N/c9-7(10)5-3-1-2-4-6(5)8(11)12;7-6-4-2-1-3-5-6/h1-4H,(H,9,10)(H,11,12);1-5H,7H2/q;+1/p-1. The van der Waals surface area contributed by atoms with Crippen LogP contribution in [0.4, 0.5) is 5.69 Å². The maximum atomic E-state index is 10.4. The molecule has 1 radical (unpaired) electrons. The number of para-hydroxylation sites is 1. The minimum Gasteiger partial charge on any atom is -0.545 e. The van der Waals surface area contributed by atoms with E-state index in [1.54, 1.807) is 0 Å². The van der Waals surface area contributed by atoms with E-state index in [1.807, 2.05) is 30.3 Å². The second-order valence-corrected chi connectivity index (χ2v) is 3.55. The molecule has 0 bridgehead atoms. The van der Waals surface area contributed by atoms with Gasteiger partial charge in [0.2, 0.25) is 0 Å². The van der Waals surface area contributed by atoms with Gasteiger partial charge >= 0.3 is 5.97 Å². The number of aromatic carboxylic acids is 2. The van der Waals surface area contributed by atoms with Gasteiger partial charge in [-0.2, -0.15) is 5.73 Å². The summed E-state index contributed by atoms with van der Waals surface area (Å²) in [6.45, 7) is 0. The molecule has 0 heterocycles. The molecule has 0 amide bonds. The van der Waals surface area contributed by atoms with Crippen LogP contribution in [0.3, 0.4) is 0 Å². The lowest BCUT2D eigenvalue weighted by Gasteiger charge is -2.04. The normalized spacial score (nSPS) is 9.11. The molecule has 2 rings (SSSR count). The van der Waals surface area contributed by atoms with Crippen LogP contribution in [0.1, 0.15) is 20.7 Å². The second-order valence-electron chi connectivity index (χ2n) is 3.55. The summed E-state index contributed by atoms with van der Waals surface area (Å²) in [5.74, 6) is -2.75. The molecule has 0 fully saturated rings. The third-order valence-electron chi connectivity index (χ3n) is 2.18. The number of carbonyl (C=O) groups excluding carboxylic acids is 1. The first-order valence-electron chi connectivity index (χ1n) is 5.36. The molecule has 0 saturated carbocycles.